The van der Waals surface area contributed by atoms with Gasteiger partial charge in [-0.1, -0.05) is 0 Å². The summed E-state index contributed by atoms with van der Waals surface area (Å²) in [5, 5.41) is 3.39. The first-order valence-electron chi connectivity index (χ1n) is 4.94. The van der Waals surface area contributed by atoms with Gasteiger partial charge in [-0.25, -0.2) is 0 Å². The van der Waals surface area contributed by atoms with E-state index in [-0.39, 0.29) is 0 Å². The highest BCUT2D eigenvalue weighted by atomic mass is 16.5. The molecule has 0 radical (unpaired) electrons. The van der Waals surface area contributed by atoms with Crippen molar-refractivity contribution in [3.63, 3.8) is 0 Å². The van der Waals surface area contributed by atoms with Crippen molar-refractivity contribution in [1.29, 1.82) is 0 Å². The monoisotopic (exact) mass is 170 g/mol. The van der Waals surface area contributed by atoms with Crippen LogP contribution in [0.5, 0.6) is 0 Å². The smallest absolute Gasteiger partial charge is 0.0619 e. The molecule has 2 rings (SSSR count). The van der Waals surface area contributed by atoms with Crippen molar-refractivity contribution in [3.05, 3.63) is 0 Å². The van der Waals surface area contributed by atoms with Gasteiger partial charge in [0.25, 0.3) is 0 Å². The van der Waals surface area contributed by atoms with Crippen molar-refractivity contribution in [3.8, 4) is 0 Å². The topological polar surface area (TPSA) is 47.3 Å². The molecule has 0 aromatic carbocycles. The van der Waals surface area contributed by atoms with Crippen LogP contribution in [0.4, 0.5) is 0 Å². The highest BCUT2D eigenvalue weighted by Gasteiger charge is 2.34. The SMILES string of the molecule is NCC1CNCC1C1CCCO1. The summed E-state index contributed by atoms with van der Waals surface area (Å²) >= 11 is 0. The first-order valence-corrected chi connectivity index (χ1v) is 4.94. The standard InChI is InChI=1S/C9H18N2O/c10-4-7-5-11-6-8(7)9-2-1-3-12-9/h7-9,11H,1-6,10H2. The van der Waals surface area contributed by atoms with Gasteiger partial charge in [0.05, 0.1) is 6.10 Å². The molecule has 70 valence electrons. The zero-order chi connectivity index (χ0) is 8.39. The van der Waals surface area contributed by atoms with Crippen LogP contribution in [0.25, 0.3) is 0 Å². The summed E-state index contributed by atoms with van der Waals surface area (Å²) in [6.07, 6.45) is 2.97. The van der Waals surface area contributed by atoms with Gasteiger partial charge in [0.15, 0.2) is 0 Å². The number of nitrogens with one attached hydrogen (secondary N) is 1. The molecule has 3 nitrogen and oxygen atoms in total. The van der Waals surface area contributed by atoms with Crippen molar-refractivity contribution >= 4 is 0 Å². The van der Waals surface area contributed by atoms with Crippen LogP contribution < -0.4 is 11.1 Å². The van der Waals surface area contributed by atoms with Crippen molar-refractivity contribution < 1.29 is 4.74 Å². The summed E-state index contributed by atoms with van der Waals surface area (Å²) in [5.41, 5.74) is 5.70. The van der Waals surface area contributed by atoms with Crippen LogP contribution in [0.15, 0.2) is 0 Å². The Labute approximate surface area is 73.7 Å². The van der Waals surface area contributed by atoms with Gasteiger partial charge in [-0.2, -0.15) is 0 Å². The second kappa shape index (κ2) is 3.73. The van der Waals surface area contributed by atoms with E-state index >= 15 is 0 Å². The average Bonchev–Trinajstić information content (AvgIpc) is 2.74. The minimum Gasteiger partial charge on any atom is -0.378 e. The Hall–Kier alpha value is -0.120. The molecule has 3 N–H and O–H groups in total. The molecule has 3 unspecified atom stereocenters. The minimum absolute atomic E-state index is 0.494. The third-order valence-corrected chi connectivity index (χ3v) is 3.14. The molecule has 0 saturated carbocycles. The zero-order valence-electron chi connectivity index (χ0n) is 7.46. The number of nitrogens with two attached hydrogens (primary N) is 1. The van der Waals surface area contributed by atoms with E-state index in [9.17, 15) is 0 Å². The molecule has 2 aliphatic rings. The molecule has 2 fully saturated rings. The molecule has 3 heteroatoms. The lowest BCUT2D eigenvalue weighted by Gasteiger charge is -2.22. The van der Waals surface area contributed by atoms with Crippen molar-refractivity contribution in [1.82, 2.24) is 5.32 Å². The van der Waals surface area contributed by atoms with E-state index in [1.54, 1.807) is 0 Å². The first-order chi connectivity index (χ1) is 5.92. The predicted molar refractivity (Wildman–Crippen MR) is 47.9 cm³/mol. The van der Waals surface area contributed by atoms with Gasteiger partial charge in [0, 0.05) is 19.1 Å². The second-order valence-electron chi connectivity index (χ2n) is 3.87. The van der Waals surface area contributed by atoms with Gasteiger partial charge in [-0.05, 0) is 31.8 Å². The molecule has 2 saturated heterocycles. The van der Waals surface area contributed by atoms with Crippen LogP contribution >= 0.6 is 0 Å². The Morgan fingerprint density at radius 1 is 1.42 bits per heavy atom. The van der Waals surface area contributed by atoms with Gasteiger partial charge in [0.1, 0.15) is 0 Å². The lowest BCUT2D eigenvalue weighted by molar-refractivity contribution is 0.0551. The molecule has 0 bridgehead atoms. The van der Waals surface area contributed by atoms with E-state index in [0.717, 1.165) is 26.2 Å². The fourth-order valence-electron chi connectivity index (χ4n) is 2.39. The highest BCUT2D eigenvalue weighted by molar-refractivity contribution is 4.88. The summed E-state index contributed by atoms with van der Waals surface area (Å²) in [4.78, 5) is 0. The molecule has 0 spiro atoms. The van der Waals surface area contributed by atoms with Crippen molar-refractivity contribution in [2.45, 2.75) is 18.9 Å². The van der Waals surface area contributed by atoms with Gasteiger partial charge >= 0.3 is 0 Å². The Balaban J connectivity index is 1.92. The fraction of sp³-hybridized carbons (Fsp3) is 1.00. The predicted octanol–water partition coefficient (Wildman–Crippen LogP) is -0.0403. The van der Waals surface area contributed by atoms with Crippen molar-refractivity contribution in [2.75, 3.05) is 26.2 Å². The molecule has 0 aromatic rings. The second-order valence-corrected chi connectivity index (χ2v) is 3.87. The van der Waals surface area contributed by atoms with E-state index in [4.69, 9.17) is 10.5 Å². The molecular weight excluding hydrogens is 152 g/mol. The van der Waals surface area contributed by atoms with E-state index < -0.39 is 0 Å². The highest BCUT2D eigenvalue weighted by Crippen LogP contribution is 2.28. The molecular formula is C9H18N2O. The lowest BCUT2D eigenvalue weighted by Crippen LogP contribution is -2.31. The van der Waals surface area contributed by atoms with Crippen LogP contribution in [-0.4, -0.2) is 32.3 Å². The molecule has 3 atom stereocenters. The molecule has 0 amide bonds. The lowest BCUT2D eigenvalue weighted by atomic mass is 9.89. The summed E-state index contributed by atoms with van der Waals surface area (Å²) in [5.74, 6) is 1.32. The van der Waals surface area contributed by atoms with Crippen LogP contribution in [-0.2, 0) is 4.74 Å². The quantitative estimate of drug-likeness (QED) is 0.611. The zero-order valence-corrected chi connectivity index (χ0v) is 7.46. The van der Waals surface area contributed by atoms with Crippen LogP contribution in [0.3, 0.4) is 0 Å². The molecule has 0 aliphatic carbocycles. The average molecular weight is 170 g/mol. The Morgan fingerprint density at radius 3 is 3.00 bits per heavy atom. The molecule has 2 heterocycles. The summed E-state index contributed by atoms with van der Waals surface area (Å²) in [6, 6.07) is 0. The van der Waals surface area contributed by atoms with Gasteiger partial charge < -0.3 is 15.8 Å². The molecule has 0 aromatic heterocycles. The van der Waals surface area contributed by atoms with Gasteiger partial charge in [-0.15, -0.1) is 0 Å². The van der Waals surface area contributed by atoms with E-state index in [1.165, 1.54) is 12.8 Å². The van der Waals surface area contributed by atoms with Gasteiger partial charge in [-0.3, -0.25) is 0 Å². The van der Waals surface area contributed by atoms with Crippen LogP contribution in [0.2, 0.25) is 0 Å². The summed E-state index contributed by atoms with van der Waals surface area (Å²) in [7, 11) is 0. The molecule has 2 aliphatic heterocycles. The third kappa shape index (κ3) is 1.49. The summed E-state index contributed by atoms with van der Waals surface area (Å²) < 4.78 is 5.67. The molecule has 12 heavy (non-hydrogen) atoms. The fourth-order valence-corrected chi connectivity index (χ4v) is 2.39. The normalized spacial score (nSPS) is 42.2. The Kier molecular flexibility index (Phi) is 2.63. The number of hydrogen-bond acceptors (Lipinski definition) is 3. The van der Waals surface area contributed by atoms with Crippen LogP contribution in [0.1, 0.15) is 12.8 Å². The maximum atomic E-state index is 5.70. The van der Waals surface area contributed by atoms with Crippen molar-refractivity contribution in [2.24, 2.45) is 17.6 Å². The Morgan fingerprint density at radius 2 is 2.33 bits per heavy atom. The van der Waals surface area contributed by atoms with E-state index in [2.05, 4.69) is 5.32 Å². The Bertz CT molecular complexity index is 145. The third-order valence-electron chi connectivity index (χ3n) is 3.14. The maximum absolute atomic E-state index is 5.70. The largest absolute Gasteiger partial charge is 0.378 e. The maximum Gasteiger partial charge on any atom is 0.0619 e. The number of ether oxygens (including phenoxy) is 1. The van der Waals surface area contributed by atoms with E-state index in [1.807, 2.05) is 0 Å². The first kappa shape index (κ1) is 8.48. The number of hydrogen-bond donors (Lipinski definition) is 2. The van der Waals surface area contributed by atoms with Crippen LogP contribution in [0, 0.1) is 11.8 Å². The van der Waals surface area contributed by atoms with Gasteiger partial charge in [0.2, 0.25) is 0 Å². The van der Waals surface area contributed by atoms with E-state index in [0.29, 0.717) is 17.9 Å². The number of rotatable bonds is 2. The summed E-state index contributed by atoms with van der Waals surface area (Å²) in [6.45, 7) is 3.95. The minimum atomic E-state index is 0.494.